The number of halogens is 2. The molecule has 0 aliphatic carbocycles. The number of thioether (sulfide) groups is 1. The molecule has 1 fully saturated rings. The Labute approximate surface area is 253 Å². The van der Waals surface area contributed by atoms with Crippen molar-refractivity contribution in [2.24, 2.45) is 0 Å². The molecule has 0 radical (unpaired) electrons. The van der Waals surface area contributed by atoms with Gasteiger partial charge in [-0.1, -0.05) is 54.1 Å². The molecule has 1 aliphatic rings. The molecule has 4 rings (SSSR count). The fourth-order valence-electron chi connectivity index (χ4n) is 4.97. The third kappa shape index (κ3) is 7.06. The number of nitrogens with zero attached hydrogens (tertiary/aromatic N) is 1. The highest BCUT2D eigenvalue weighted by Gasteiger charge is 2.49. The Morgan fingerprint density at radius 3 is 2.57 bits per heavy atom. The second kappa shape index (κ2) is 13.1. The molecule has 3 amide bonds. The molecule has 1 unspecified atom stereocenters. The van der Waals surface area contributed by atoms with Crippen LogP contribution in [0.4, 0.5) is 10.1 Å². The first-order valence-electron chi connectivity index (χ1n) is 13.4. The van der Waals surface area contributed by atoms with Crippen molar-refractivity contribution < 1.29 is 23.9 Å². The normalized spacial score (nSPS) is 17.4. The maximum atomic E-state index is 14.0. The first-order chi connectivity index (χ1) is 19.9. The van der Waals surface area contributed by atoms with Crippen LogP contribution in [0.15, 0.2) is 66.7 Å². The van der Waals surface area contributed by atoms with E-state index in [0.717, 1.165) is 11.1 Å². The van der Waals surface area contributed by atoms with Crippen LogP contribution >= 0.6 is 23.4 Å². The van der Waals surface area contributed by atoms with Crippen LogP contribution in [0.5, 0.6) is 0 Å². The van der Waals surface area contributed by atoms with Gasteiger partial charge >= 0.3 is 0 Å². The lowest BCUT2D eigenvalue weighted by Gasteiger charge is -2.33. The molecule has 1 saturated heterocycles. The van der Waals surface area contributed by atoms with E-state index >= 15 is 0 Å². The zero-order chi connectivity index (χ0) is 30.6. The second-order valence-corrected chi connectivity index (χ2v) is 12.8. The van der Waals surface area contributed by atoms with E-state index in [1.54, 1.807) is 18.2 Å². The third-order valence-corrected chi connectivity index (χ3v) is 9.16. The van der Waals surface area contributed by atoms with Crippen molar-refractivity contribution in [2.75, 3.05) is 11.6 Å². The molecule has 0 spiro atoms. The minimum Gasteiger partial charge on any atom is -0.398 e. The Hall–Kier alpha value is -3.60. The Morgan fingerprint density at radius 2 is 1.86 bits per heavy atom. The largest absolute Gasteiger partial charge is 0.398 e. The highest BCUT2D eigenvalue weighted by molar-refractivity contribution is 8.00. The monoisotopic (exact) mass is 612 g/mol. The van der Waals surface area contributed by atoms with Gasteiger partial charge in [-0.15, -0.1) is 11.8 Å². The number of hydrogen-bond acceptors (Lipinski definition) is 6. The molecule has 3 atom stereocenters. The summed E-state index contributed by atoms with van der Waals surface area (Å²) in [6.07, 6.45) is -1.82. The van der Waals surface area contributed by atoms with Gasteiger partial charge in [0, 0.05) is 11.3 Å². The summed E-state index contributed by atoms with van der Waals surface area (Å²) in [7, 11) is 0. The molecule has 1 heterocycles. The maximum absolute atomic E-state index is 14.0. The molecule has 8 nitrogen and oxygen atoms in total. The molecule has 0 saturated carbocycles. The van der Waals surface area contributed by atoms with Crippen LogP contribution in [-0.2, 0) is 22.6 Å². The van der Waals surface area contributed by atoms with E-state index in [1.807, 2.05) is 45.0 Å². The van der Waals surface area contributed by atoms with Gasteiger partial charge in [0.1, 0.15) is 11.9 Å². The third-order valence-electron chi connectivity index (χ3n) is 7.36. The number of aliphatic hydroxyl groups excluding tert-OH is 1. The highest BCUT2D eigenvalue weighted by Crippen LogP contribution is 2.40. The summed E-state index contributed by atoms with van der Waals surface area (Å²) in [6, 6.07) is 15.9. The second-order valence-electron chi connectivity index (χ2n) is 10.8. The smallest absolute Gasteiger partial charge is 0.254 e. The first-order valence-corrected chi connectivity index (χ1v) is 14.8. The zero-order valence-corrected chi connectivity index (χ0v) is 25.1. The number of aryl methyl sites for hydroxylation is 1. The number of aliphatic hydroxyl groups is 1. The van der Waals surface area contributed by atoms with Gasteiger partial charge in [0.05, 0.1) is 28.2 Å². The number of nitrogens with two attached hydrogens (primary N) is 1. The van der Waals surface area contributed by atoms with Crippen LogP contribution < -0.4 is 16.4 Å². The molecule has 0 aromatic heterocycles. The molecule has 1 aliphatic heterocycles. The summed E-state index contributed by atoms with van der Waals surface area (Å²) >= 11 is 7.66. The van der Waals surface area contributed by atoms with E-state index in [1.165, 1.54) is 40.9 Å². The number of nitrogen functional groups attached to an aromatic ring is 1. The van der Waals surface area contributed by atoms with Gasteiger partial charge in [-0.2, -0.15) is 0 Å². The van der Waals surface area contributed by atoms with Gasteiger partial charge in [0.15, 0.2) is 6.10 Å². The lowest BCUT2D eigenvalue weighted by molar-refractivity contribution is -0.147. The van der Waals surface area contributed by atoms with Crippen LogP contribution in [0.3, 0.4) is 0 Å². The number of hydrogen-bond donors (Lipinski definition) is 4. The SMILES string of the molecule is Cc1ccccc1CNC(=O)C1N(C(=O)[C@@H](O)[C@H](Cc2cccc(F)c2)NC(=O)c2cccc(N)c2Cl)CSC1(C)C. The Bertz CT molecular complexity index is 1490. The van der Waals surface area contributed by atoms with E-state index in [4.69, 9.17) is 17.3 Å². The average molecular weight is 613 g/mol. The van der Waals surface area contributed by atoms with Gasteiger partial charge in [0.2, 0.25) is 5.91 Å². The summed E-state index contributed by atoms with van der Waals surface area (Å²) in [5.74, 6) is -2.09. The van der Waals surface area contributed by atoms with E-state index in [-0.39, 0.29) is 41.0 Å². The van der Waals surface area contributed by atoms with E-state index < -0.39 is 40.6 Å². The molecule has 3 aromatic rings. The lowest BCUT2D eigenvalue weighted by atomic mass is 9.96. The van der Waals surface area contributed by atoms with Gasteiger partial charge < -0.3 is 26.4 Å². The standard InChI is InChI=1S/C31H34ClFN4O4S/c1-18-8-4-5-10-20(18)16-35-29(40)27-31(2,3)42-17-37(27)30(41)26(38)24(15-19-9-6-11-21(33)14-19)36-28(39)22-12-7-13-23(34)25(22)32/h4-14,24,26-27,38H,15-17,34H2,1-3H3,(H,35,40)(H,36,39)/t24-,26-,27?/m0/s1. The Kier molecular flexibility index (Phi) is 9.81. The predicted octanol–water partition coefficient (Wildman–Crippen LogP) is 4.07. The highest BCUT2D eigenvalue weighted by atomic mass is 35.5. The van der Waals surface area contributed by atoms with Crippen molar-refractivity contribution in [3.8, 4) is 0 Å². The topological polar surface area (TPSA) is 125 Å². The average Bonchev–Trinajstić information content (AvgIpc) is 3.27. The van der Waals surface area contributed by atoms with Gasteiger partial charge in [0.25, 0.3) is 11.8 Å². The molecule has 11 heteroatoms. The molecule has 0 bridgehead atoms. The maximum Gasteiger partial charge on any atom is 0.254 e. The van der Waals surface area contributed by atoms with Crippen LogP contribution in [0.1, 0.15) is 40.9 Å². The number of amides is 3. The zero-order valence-electron chi connectivity index (χ0n) is 23.6. The van der Waals surface area contributed by atoms with Crippen molar-refractivity contribution >= 4 is 46.8 Å². The van der Waals surface area contributed by atoms with E-state index in [9.17, 15) is 23.9 Å². The summed E-state index contributed by atoms with van der Waals surface area (Å²) in [6.45, 7) is 5.96. The van der Waals surface area contributed by atoms with Crippen LogP contribution in [0.2, 0.25) is 5.02 Å². The van der Waals surface area contributed by atoms with Crippen molar-refractivity contribution in [3.63, 3.8) is 0 Å². The molecule has 3 aromatic carbocycles. The lowest BCUT2D eigenvalue weighted by Crippen LogP contribution is -2.58. The summed E-state index contributed by atoms with van der Waals surface area (Å²) < 4.78 is 13.3. The molecule has 5 N–H and O–H groups in total. The fourth-order valence-corrected chi connectivity index (χ4v) is 6.33. The van der Waals surface area contributed by atoms with Crippen molar-refractivity contribution in [1.82, 2.24) is 15.5 Å². The quantitative estimate of drug-likeness (QED) is 0.270. The van der Waals surface area contributed by atoms with Crippen LogP contribution in [-0.4, -0.2) is 56.5 Å². The van der Waals surface area contributed by atoms with Gasteiger partial charge in [-0.25, -0.2) is 4.39 Å². The number of carbonyl (C=O) groups excluding carboxylic acids is 3. The molecule has 222 valence electrons. The van der Waals surface area contributed by atoms with Crippen molar-refractivity contribution in [2.45, 2.75) is 56.7 Å². The van der Waals surface area contributed by atoms with Crippen molar-refractivity contribution in [1.29, 1.82) is 0 Å². The first kappa shape index (κ1) is 31.3. The number of rotatable bonds is 9. The number of anilines is 1. The predicted molar refractivity (Wildman–Crippen MR) is 163 cm³/mol. The summed E-state index contributed by atoms with van der Waals surface area (Å²) in [4.78, 5) is 41.9. The molecule has 42 heavy (non-hydrogen) atoms. The summed E-state index contributed by atoms with van der Waals surface area (Å²) in [5, 5.41) is 17.1. The summed E-state index contributed by atoms with van der Waals surface area (Å²) in [5.41, 5.74) is 8.54. The molecular formula is C31H34ClFN4O4S. The van der Waals surface area contributed by atoms with Gasteiger partial charge in [-0.05, 0) is 68.1 Å². The van der Waals surface area contributed by atoms with E-state index in [2.05, 4.69) is 10.6 Å². The Balaban J connectivity index is 1.58. The van der Waals surface area contributed by atoms with Crippen molar-refractivity contribution in [3.05, 3.63) is 99.8 Å². The van der Waals surface area contributed by atoms with Crippen LogP contribution in [0, 0.1) is 12.7 Å². The number of nitrogens with one attached hydrogen (secondary N) is 2. The van der Waals surface area contributed by atoms with Crippen LogP contribution in [0.25, 0.3) is 0 Å². The van der Waals surface area contributed by atoms with E-state index in [0.29, 0.717) is 5.56 Å². The fraction of sp³-hybridized carbons (Fsp3) is 0.323. The Morgan fingerprint density at radius 1 is 1.14 bits per heavy atom. The minimum absolute atomic E-state index is 0.0309. The van der Waals surface area contributed by atoms with Gasteiger partial charge in [-0.3, -0.25) is 14.4 Å². The molecular weight excluding hydrogens is 579 g/mol. The number of carbonyl (C=O) groups is 3. The minimum atomic E-state index is -1.75. The number of benzene rings is 3.